The van der Waals surface area contributed by atoms with Crippen LogP contribution < -0.4 is 5.32 Å². The number of hydrogen-bond donors (Lipinski definition) is 1. The minimum absolute atomic E-state index is 0.0831. The van der Waals surface area contributed by atoms with Crippen molar-refractivity contribution in [1.82, 2.24) is 15.0 Å². The molecular formula is C23H16F2N4O. The Balaban J connectivity index is 1.79. The van der Waals surface area contributed by atoms with Crippen molar-refractivity contribution in [1.29, 1.82) is 0 Å². The highest BCUT2D eigenvalue weighted by atomic mass is 19.1. The summed E-state index contributed by atoms with van der Waals surface area (Å²) in [6.45, 7) is 1.97. The fourth-order valence-corrected chi connectivity index (χ4v) is 2.92. The summed E-state index contributed by atoms with van der Waals surface area (Å²) in [5.41, 5.74) is 2.39. The third-order valence-corrected chi connectivity index (χ3v) is 4.50. The molecule has 1 amide bonds. The lowest BCUT2D eigenvalue weighted by Gasteiger charge is -2.12. The first-order chi connectivity index (χ1) is 14.5. The number of pyridine rings is 1. The van der Waals surface area contributed by atoms with E-state index in [9.17, 15) is 13.6 Å². The highest BCUT2D eigenvalue weighted by Gasteiger charge is 2.20. The molecule has 4 aromatic rings. The van der Waals surface area contributed by atoms with Crippen LogP contribution in [0.25, 0.3) is 22.6 Å². The highest BCUT2D eigenvalue weighted by molar-refractivity contribution is 6.08. The summed E-state index contributed by atoms with van der Waals surface area (Å²) in [5, 5.41) is 2.29. The number of carbonyl (C=O) groups is 1. The Morgan fingerprint density at radius 2 is 1.57 bits per heavy atom. The van der Waals surface area contributed by atoms with Crippen molar-refractivity contribution in [2.24, 2.45) is 0 Å². The smallest absolute Gasteiger partial charge is 0.259 e. The number of nitrogens with zero attached hydrogens (tertiary/aromatic N) is 3. The van der Waals surface area contributed by atoms with Gasteiger partial charge in [-0.05, 0) is 31.2 Å². The average molecular weight is 402 g/mol. The summed E-state index contributed by atoms with van der Waals surface area (Å²) in [4.78, 5) is 25.7. The second kappa shape index (κ2) is 8.16. The molecule has 30 heavy (non-hydrogen) atoms. The number of amides is 1. The lowest BCUT2D eigenvalue weighted by Crippen LogP contribution is -2.16. The summed E-state index contributed by atoms with van der Waals surface area (Å²) in [5.74, 6) is -2.03. The predicted molar refractivity (Wildman–Crippen MR) is 110 cm³/mol. The van der Waals surface area contributed by atoms with E-state index in [1.54, 1.807) is 24.5 Å². The van der Waals surface area contributed by atoms with Crippen LogP contribution in [-0.4, -0.2) is 20.9 Å². The standard InChI is InChI=1S/C23H16F2N4O/c1-14-5-7-16(8-6-14)22-27-13-17(20(28-22)15-9-11-26-12-10-15)23(30)29-21-18(24)3-2-4-19(21)25/h2-13H,1H3,(H,29,30). The molecule has 2 heterocycles. The summed E-state index contributed by atoms with van der Waals surface area (Å²) in [6, 6.07) is 14.4. The Morgan fingerprint density at radius 3 is 2.23 bits per heavy atom. The number of rotatable bonds is 4. The van der Waals surface area contributed by atoms with E-state index in [4.69, 9.17) is 0 Å². The van der Waals surface area contributed by atoms with Crippen molar-refractivity contribution >= 4 is 11.6 Å². The molecule has 0 spiro atoms. The lowest BCUT2D eigenvalue weighted by molar-refractivity contribution is 0.102. The molecule has 148 valence electrons. The van der Waals surface area contributed by atoms with Crippen LogP contribution in [0.1, 0.15) is 15.9 Å². The number of carbonyl (C=O) groups excluding carboxylic acids is 1. The number of hydrogen-bond acceptors (Lipinski definition) is 4. The molecule has 0 unspecified atom stereocenters. The molecule has 0 aliphatic rings. The molecule has 4 rings (SSSR count). The molecular weight excluding hydrogens is 386 g/mol. The topological polar surface area (TPSA) is 67.8 Å². The van der Waals surface area contributed by atoms with E-state index < -0.39 is 23.2 Å². The molecule has 1 N–H and O–H groups in total. The molecule has 0 saturated heterocycles. The van der Waals surface area contributed by atoms with Crippen LogP contribution in [0.2, 0.25) is 0 Å². The molecule has 0 saturated carbocycles. The normalized spacial score (nSPS) is 10.6. The monoisotopic (exact) mass is 402 g/mol. The fraction of sp³-hybridized carbons (Fsp3) is 0.0435. The van der Waals surface area contributed by atoms with Crippen molar-refractivity contribution in [2.45, 2.75) is 6.92 Å². The summed E-state index contributed by atoms with van der Waals surface area (Å²) >= 11 is 0. The van der Waals surface area contributed by atoms with E-state index in [1.165, 1.54) is 12.3 Å². The van der Waals surface area contributed by atoms with Crippen molar-refractivity contribution in [2.75, 3.05) is 5.32 Å². The van der Waals surface area contributed by atoms with Gasteiger partial charge in [-0.3, -0.25) is 9.78 Å². The number of halogens is 2. The number of aryl methyl sites for hydroxylation is 1. The highest BCUT2D eigenvalue weighted by Crippen LogP contribution is 2.26. The number of benzene rings is 2. The lowest BCUT2D eigenvalue weighted by atomic mass is 10.1. The Morgan fingerprint density at radius 1 is 0.900 bits per heavy atom. The van der Waals surface area contributed by atoms with Gasteiger partial charge in [0.1, 0.15) is 17.3 Å². The van der Waals surface area contributed by atoms with Gasteiger partial charge in [0.25, 0.3) is 5.91 Å². The van der Waals surface area contributed by atoms with Gasteiger partial charge in [-0.1, -0.05) is 35.9 Å². The molecule has 0 atom stereocenters. The number of para-hydroxylation sites is 1. The average Bonchev–Trinajstić information content (AvgIpc) is 2.77. The minimum atomic E-state index is -0.869. The Hall–Kier alpha value is -4.00. The van der Waals surface area contributed by atoms with Crippen LogP contribution >= 0.6 is 0 Å². The second-order valence-electron chi connectivity index (χ2n) is 6.61. The quantitative estimate of drug-likeness (QED) is 0.519. The van der Waals surface area contributed by atoms with Gasteiger partial charge in [0.15, 0.2) is 5.82 Å². The largest absolute Gasteiger partial charge is 0.317 e. The first-order valence-corrected chi connectivity index (χ1v) is 9.13. The molecule has 2 aromatic carbocycles. The Labute approximate surface area is 171 Å². The third kappa shape index (κ3) is 3.91. The van der Waals surface area contributed by atoms with E-state index >= 15 is 0 Å². The fourth-order valence-electron chi connectivity index (χ4n) is 2.92. The van der Waals surface area contributed by atoms with Crippen LogP contribution in [0, 0.1) is 18.6 Å². The van der Waals surface area contributed by atoms with Gasteiger partial charge >= 0.3 is 0 Å². The Kier molecular flexibility index (Phi) is 5.26. The molecule has 5 nitrogen and oxygen atoms in total. The predicted octanol–water partition coefficient (Wildman–Crippen LogP) is 5.04. The van der Waals surface area contributed by atoms with Crippen LogP contribution in [0.3, 0.4) is 0 Å². The molecule has 0 fully saturated rings. The Bertz CT molecular complexity index is 1190. The summed E-state index contributed by atoms with van der Waals surface area (Å²) in [7, 11) is 0. The summed E-state index contributed by atoms with van der Waals surface area (Å²) in [6.07, 6.45) is 4.49. The van der Waals surface area contributed by atoms with E-state index in [2.05, 4.69) is 20.3 Å². The molecule has 2 aromatic heterocycles. The summed E-state index contributed by atoms with van der Waals surface area (Å²) < 4.78 is 27.9. The van der Waals surface area contributed by atoms with E-state index in [0.29, 0.717) is 17.1 Å². The van der Waals surface area contributed by atoms with Crippen LogP contribution in [0.4, 0.5) is 14.5 Å². The van der Waals surface area contributed by atoms with Crippen molar-refractivity contribution in [3.8, 4) is 22.6 Å². The van der Waals surface area contributed by atoms with Gasteiger partial charge in [0, 0.05) is 29.7 Å². The van der Waals surface area contributed by atoms with Gasteiger partial charge in [-0.25, -0.2) is 18.7 Å². The second-order valence-corrected chi connectivity index (χ2v) is 6.61. The maximum absolute atomic E-state index is 14.0. The maximum Gasteiger partial charge on any atom is 0.259 e. The first kappa shape index (κ1) is 19.3. The zero-order valence-corrected chi connectivity index (χ0v) is 15.9. The minimum Gasteiger partial charge on any atom is -0.317 e. The maximum atomic E-state index is 14.0. The molecule has 0 bridgehead atoms. The molecule has 0 aliphatic heterocycles. The number of aromatic nitrogens is 3. The van der Waals surface area contributed by atoms with Crippen molar-refractivity contribution in [3.05, 3.63) is 95.9 Å². The first-order valence-electron chi connectivity index (χ1n) is 9.13. The number of anilines is 1. The van der Waals surface area contributed by atoms with Gasteiger partial charge in [0.05, 0.1) is 11.3 Å². The van der Waals surface area contributed by atoms with Gasteiger partial charge in [0.2, 0.25) is 0 Å². The van der Waals surface area contributed by atoms with Crippen LogP contribution in [0.15, 0.2) is 73.2 Å². The van der Waals surface area contributed by atoms with Crippen molar-refractivity contribution in [3.63, 3.8) is 0 Å². The number of nitrogens with one attached hydrogen (secondary N) is 1. The van der Waals surface area contributed by atoms with Gasteiger partial charge in [-0.15, -0.1) is 0 Å². The van der Waals surface area contributed by atoms with Gasteiger partial charge in [-0.2, -0.15) is 0 Å². The van der Waals surface area contributed by atoms with E-state index in [1.807, 2.05) is 31.2 Å². The van der Waals surface area contributed by atoms with Crippen molar-refractivity contribution < 1.29 is 13.6 Å². The zero-order chi connectivity index (χ0) is 21.1. The molecule has 0 radical (unpaired) electrons. The molecule has 0 aliphatic carbocycles. The SMILES string of the molecule is Cc1ccc(-c2ncc(C(=O)Nc3c(F)cccc3F)c(-c3ccncc3)n2)cc1. The zero-order valence-electron chi connectivity index (χ0n) is 15.9. The van der Waals surface area contributed by atoms with Crippen LogP contribution in [0.5, 0.6) is 0 Å². The molecule has 7 heteroatoms. The van der Waals surface area contributed by atoms with Crippen LogP contribution in [-0.2, 0) is 0 Å². The third-order valence-electron chi connectivity index (χ3n) is 4.50. The van der Waals surface area contributed by atoms with E-state index in [-0.39, 0.29) is 5.56 Å². The van der Waals surface area contributed by atoms with Gasteiger partial charge < -0.3 is 5.32 Å². The van der Waals surface area contributed by atoms with E-state index in [0.717, 1.165) is 23.3 Å².